The Balaban J connectivity index is 2.39. The van der Waals surface area contributed by atoms with Gasteiger partial charge >= 0.3 is 5.97 Å². The maximum Gasteiger partial charge on any atom is 0.339 e. The van der Waals surface area contributed by atoms with Crippen molar-refractivity contribution in [2.45, 2.75) is 25.5 Å². The molecule has 0 unspecified atom stereocenters. The Hall–Kier alpha value is -1.16. The highest BCUT2D eigenvalue weighted by atomic mass is 32.2. The molecule has 3 nitrogen and oxygen atoms in total. The zero-order valence-corrected chi connectivity index (χ0v) is 11.0. The highest BCUT2D eigenvalue weighted by Gasteiger charge is 2.09. The molecule has 1 aromatic carbocycles. The lowest BCUT2D eigenvalue weighted by atomic mass is 10.2. The van der Waals surface area contributed by atoms with Crippen molar-refractivity contribution < 1.29 is 14.6 Å². The molecule has 0 heterocycles. The quantitative estimate of drug-likeness (QED) is 0.758. The lowest BCUT2D eigenvalue weighted by molar-refractivity contribution is 0.0692. The van der Waals surface area contributed by atoms with Crippen molar-refractivity contribution in [3.8, 4) is 5.75 Å². The number of rotatable bonds is 7. The average molecular weight is 254 g/mol. The number of carboxylic acid groups (broad SMARTS) is 1. The molecule has 0 aliphatic carbocycles. The molecule has 0 radical (unpaired) electrons. The van der Waals surface area contributed by atoms with Crippen LogP contribution in [-0.4, -0.2) is 28.7 Å². The van der Waals surface area contributed by atoms with Gasteiger partial charge in [-0.3, -0.25) is 0 Å². The normalized spacial score (nSPS) is 10.5. The van der Waals surface area contributed by atoms with E-state index in [0.717, 1.165) is 12.2 Å². The molecule has 1 rings (SSSR count). The summed E-state index contributed by atoms with van der Waals surface area (Å²) >= 11 is 1.88. The Labute approximate surface area is 106 Å². The molecular formula is C13H18O3S. The van der Waals surface area contributed by atoms with E-state index in [1.54, 1.807) is 24.3 Å². The van der Waals surface area contributed by atoms with E-state index in [2.05, 4.69) is 13.8 Å². The number of carboxylic acids is 1. The lowest BCUT2D eigenvalue weighted by Gasteiger charge is -2.09. The fourth-order valence-corrected chi connectivity index (χ4v) is 2.09. The van der Waals surface area contributed by atoms with E-state index in [1.165, 1.54) is 0 Å². The molecule has 0 aliphatic rings. The molecule has 1 N–H and O–H groups in total. The molecule has 0 spiro atoms. The van der Waals surface area contributed by atoms with Crippen LogP contribution in [0, 0.1) is 0 Å². The largest absolute Gasteiger partial charge is 0.493 e. The van der Waals surface area contributed by atoms with Crippen LogP contribution in [0.15, 0.2) is 24.3 Å². The van der Waals surface area contributed by atoms with Crippen LogP contribution in [-0.2, 0) is 0 Å². The molecule has 0 aromatic heterocycles. The molecule has 94 valence electrons. The molecule has 0 saturated carbocycles. The first kappa shape index (κ1) is 13.9. The van der Waals surface area contributed by atoms with Crippen molar-refractivity contribution in [1.29, 1.82) is 0 Å². The molecule has 0 fully saturated rings. The molecule has 0 amide bonds. The standard InChI is InChI=1S/C13H18O3S/c1-10(2)17-9-5-8-16-12-7-4-3-6-11(12)13(14)15/h3-4,6-7,10H,5,8-9H2,1-2H3,(H,14,15). The second kappa shape index (κ2) is 7.22. The molecule has 0 bridgehead atoms. The van der Waals surface area contributed by atoms with Crippen molar-refractivity contribution in [3.63, 3.8) is 0 Å². The van der Waals surface area contributed by atoms with Gasteiger partial charge in [-0.2, -0.15) is 11.8 Å². The zero-order chi connectivity index (χ0) is 12.7. The first-order chi connectivity index (χ1) is 8.11. The maximum absolute atomic E-state index is 10.9. The second-order valence-electron chi connectivity index (χ2n) is 3.92. The van der Waals surface area contributed by atoms with Gasteiger partial charge in [0.25, 0.3) is 0 Å². The van der Waals surface area contributed by atoms with Gasteiger partial charge < -0.3 is 9.84 Å². The number of hydrogen-bond acceptors (Lipinski definition) is 3. The highest BCUT2D eigenvalue weighted by molar-refractivity contribution is 7.99. The Morgan fingerprint density at radius 3 is 2.76 bits per heavy atom. The summed E-state index contributed by atoms with van der Waals surface area (Å²) in [5.41, 5.74) is 0.226. The van der Waals surface area contributed by atoms with E-state index in [9.17, 15) is 4.79 Å². The smallest absolute Gasteiger partial charge is 0.339 e. The number of carbonyl (C=O) groups is 1. The third-order valence-electron chi connectivity index (χ3n) is 2.11. The number of para-hydroxylation sites is 1. The lowest BCUT2D eigenvalue weighted by Crippen LogP contribution is -2.05. The van der Waals surface area contributed by atoms with Gasteiger partial charge in [-0.25, -0.2) is 4.79 Å². The number of benzene rings is 1. The van der Waals surface area contributed by atoms with Crippen molar-refractivity contribution >= 4 is 17.7 Å². The van der Waals surface area contributed by atoms with Crippen LogP contribution in [0.1, 0.15) is 30.6 Å². The van der Waals surface area contributed by atoms with E-state index in [1.807, 2.05) is 11.8 Å². The van der Waals surface area contributed by atoms with Gasteiger partial charge in [0.15, 0.2) is 0 Å². The predicted molar refractivity (Wildman–Crippen MR) is 71.1 cm³/mol. The highest BCUT2D eigenvalue weighted by Crippen LogP contribution is 2.18. The number of ether oxygens (including phenoxy) is 1. The minimum absolute atomic E-state index is 0.226. The van der Waals surface area contributed by atoms with Crippen molar-refractivity contribution in [2.75, 3.05) is 12.4 Å². The number of aromatic carboxylic acids is 1. The van der Waals surface area contributed by atoms with Crippen LogP contribution in [0.25, 0.3) is 0 Å². The summed E-state index contributed by atoms with van der Waals surface area (Å²) in [5.74, 6) is 0.541. The van der Waals surface area contributed by atoms with Gasteiger partial charge in [-0.15, -0.1) is 0 Å². The third-order valence-corrected chi connectivity index (χ3v) is 3.31. The van der Waals surface area contributed by atoms with Crippen molar-refractivity contribution in [3.05, 3.63) is 29.8 Å². The summed E-state index contributed by atoms with van der Waals surface area (Å²) in [4.78, 5) is 10.9. The van der Waals surface area contributed by atoms with Crippen LogP contribution in [0.5, 0.6) is 5.75 Å². The average Bonchev–Trinajstić information content (AvgIpc) is 2.28. The molecule has 0 aliphatic heterocycles. The van der Waals surface area contributed by atoms with Crippen LogP contribution < -0.4 is 4.74 Å². The molecule has 0 atom stereocenters. The molecule has 4 heteroatoms. The van der Waals surface area contributed by atoms with Gasteiger partial charge in [-0.05, 0) is 29.6 Å². The predicted octanol–water partition coefficient (Wildman–Crippen LogP) is 3.30. The van der Waals surface area contributed by atoms with E-state index in [0.29, 0.717) is 17.6 Å². The topological polar surface area (TPSA) is 46.5 Å². The zero-order valence-electron chi connectivity index (χ0n) is 10.2. The summed E-state index contributed by atoms with van der Waals surface area (Å²) < 4.78 is 5.49. The molecule has 1 aromatic rings. The minimum atomic E-state index is -0.947. The van der Waals surface area contributed by atoms with Crippen molar-refractivity contribution in [1.82, 2.24) is 0 Å². The van der Waals surface area contributed by atoms with Gasteiger partial charge in [0.2, 0.25) is 0 Å². The Morgan fingerprint density at radius 1 is 1.41 bits per heavy atom. The summed E-state index contributed by atoms with van der Waals surface area (Å²) in [6.07, 6.45) is 0.927. The monoisotopic (exact) mass is 254 g/mol. The summed E-state index contributed by atoms with van der Waals surface area (Å²) in [7, 11) is 0. The summed E-state index contributed by atoms with van der Waals surface area (Å²) in [5, 5.41) is 9.58. The Kier molecular flexibility index (Phi) is 5.91. The first-order valence-corrected chi connectivity index (χ1v) is 6.73. The summed E-state index contributed by atoms with van der Waals surface area (Å²) in [6, 6.07) is 6.73. The van der Waals surface area contributed by atoms with Gasteiger partial charge in [-0.1, -0.05) is 26.0 Å². The minimum Gasteiger partial charge on any atom is -0.493 e. The number of hydrogen-bond donors (Lipinski definition) is 1. The van der Waals surface area contributed by atoms with E-state index >= 15 is 0 Å². The van der Waals surface area contributed by atoms with Crippen LogP contribution >= 0.6 is 11.8 Å². The Bertz CT molecular complexity index is 363. The first-order valence-electron chi connectivity index (χ1n) is 5.68. The SMILES string of the molecule is CC(C)SCCCOc1ccccc1C(=O)O. The third kappa shape index (κ3) is 5.13. The van der Waals surface area contributed by atoms with Crippen LogP contribution in [0.3, 0.4) is 0 Å². The van der Waals surface area contributed by atoms with Gasteiger partial charge in [0.1, 0.15) is 11.3 Å². The molecule has 0 saturated heterocycles. The van der Waals surface area contributed by atoms with Crippen LogP contribution in [0.2, 0.25) is 0 Å². The van der Waals surface area contributed by atoms with E-state index < -0.39 is 5.97 Å². The Morgan fingerprint density at radius 2 is 2.12 bits per heavy atom. The fourth-order valence-electron chi connectivity index (χ4n) is 1.33. The van der Waals surface area contributed by atoms with E-state index in [-0.39, 0.29) is 5.56 Å². The van der Waals surface area contributed by atoms with Gasteiger partial charge in [0, 0.05) is 0 Å². The molecule has 17 heavy (non-hydrogen) atoms. The molecular weight excluding hydrogens is 236 g/mol. The fraction of sp³-hybridized carbons (Fsp3) is 0.462. The van der Waals surface area contributed by atoms with Gasteiger partial charge in [0.05, 0.1) is 6.61 Å². The van der Waals surface area contributed by atoms with Crippen molar-refractivity contribution in [2.24, 2.45) is 0 Å². The summed E-state index contributed by atoms with van der Waals surface area (Å²) in [6.45, 7) is 4.88. The van der Waals surface area contributed by atoms with Crippen LogP contribution in [0.4, 0.5) is 0 Å². The number of thioether (sulfide) groups is 1. The van der Waals surface area contributed by atoms with E-state index in [4.69, 9.17) is 9.84 Å². The maximum atomic E-state index is 10.9. The second-order valence-corrected chi connectivity index (χ2v) is 5.61.